The molecular weight excluding hydrogens is 410 g/mol. The molecule has 1 saturated heterocycles. The second-order valence-corrected chi connectivity index (χ2v) is 7.57. The van der Waals surface area contributed by atoms with E-state index in [1.807, 2.05) is 18.2 Å². The molecule has 3 aromatic rings. The molecule has 8 nitrogen and oxygen atoms in total. The van der Waals surface area contributed by atoms with E-state index in [2.05, 4.69) is 27.5 Å². The molecule has 0 saturated carbocycles. The van der Waals surface area contributed by atoms with Crippen molar-refractivity contribution in [3.8, 4) is 22.8 Å². The van der Waals surface area contributed by atoms with E-state index in [1.165, 1.54) is 5.56 Å². The summed E-state index contributed by atoms with van der Waals surface area (Å²) in [5.74, 6) is 1.36. The van der Waals surface area contributed by atoms with Crippen LogP contribution in [0.3, 0.4) is 0 Å². The van der Waals surface area contributed by atoms with Crippen LogP contribution in [0.1, 0.15) is 16.1 Å². The Morgan fingerprint density at radius 1 is 1.16 bits per heavy atom. The minimum atomic E-state index is -0.314. The first-order valence-corrected chi connectivity index (χ1v) is 10.5. The summed E-state index contributed by atoms with van der Waals surface area (Å²) in [6, 6.07) is 17.3. The van der Waals surface area contributed by atoms with E-state index >= 15 is 0 Å². The van der Waals surface area contributed by atoms with Crippen LogP contribution in [0.2, 0.25) is 0 Å². The Labute approximate surface area is 187 Å². The number of rotatable bonds is 8. The highest BCUT2D eigenvalue weighted by molar-refractivity contribution is 5.93. The number of hydrogen-bond donors (Lipinski definition) is 1. The maximum Gasteiger partial charge on any atom is 0.273 e. The molecule has 1 unspecified atom stereocenters. The van der Waals surface area contributed by atoms with Crippen molar-refractivity contribution in [1.82, 2.24) is 15.4 Å². The molecule has 0 radical (unpaired) electrons. The SMILES string of the molecule is COc1ccc(OC)c(-c2cc(C(=O)NCC3CN(Cc4ccccc4)CCO3)no2)c1. The summed E-state index contributed by atoms with van der Waals surface area (Å²) in [5.41, 5.74) is 2.12. The first-order chi connectivity index (χ1) is 15.7. The molecule has 8 heteroatoms. The van der Waals surface area contributed by atoms with Gasteiger partial charge >= 0.3 is 0 Å². The molecule has 1 aromatic heterocycles. The van der Waals surface area contributed by atoms with Gasteiger partial charge < -0.3 is 24.1 Å². The number of ether oxygens (including phenoxy) is 3. The summed E-state index contributed by atoms with van der Waals surface area (Å²) < 4.78 is 21.9. The van der Waals surface area contributed by atoms with Crippen molar-refractivity contribution in [3.05, 3.63) is 65.9 Å². The fraction of sp³-hybridized carbons (Fsp3) is 0.333. The van der Waals surface area contributed by atoms with E-state index in [9.17, 15) is 4.79 Å². The van der Waals surface area contributed by atoms with Crippen molar-refractivity contribution in [2.45, 2.75) is 12.6 Å². The molecule has 32 heavy (non-hydrogen) atoms. The molecule has 1 aliphatic heterocycles. The molecule has 4 rings (SSSR count). The monoisotopic (exact) mass is 437 g/mol. The van der Waals surface area contributed by atoms with Gasteiger partial charge in [-0.1, -0.05) is 35.5 Å². The number of amides is 1. The Morgan fingerprint density at radius 3 is 2.78 bits per heavy atom. The van der Waals surface area contributed by atoms with E-state index in [-0.39, 0.29) is 17.7 Å². The maximum atomic E-state index is 12.6. The number of morpholine rings is 1. The van der Waals surface area contributed by atoms with Gasteiger partial charge in [-0.05, 0) is 23.8 Å². The Kier molecular flexibility index (Phi) is 7.03. The molecule has 1 aliphatic rings. The minimum Gasteiger partial charge on any atom is -0.497 e. The predicted octanol–water partition coefficient (Wildman–Crippen LogP) is 2.99. The van der Waals surface area contributed by atoms with Crippen LogP contribution in [0.15, 0.2) is 59.1 Å². The normalized spacial score (nSPS) is 16.5. The summed E-state index contributed by atoms with van der Waals surface area (Å²) >= 11 is 0. The standard InChI is InChI=1S/C24H27N3O5/c1-29-18-8-9-22(30-2)20(12-18)23-13-21(26-32-23)24(28)25-14-19-16-27(10-11-31-19)15-17-6-4-3-5-7-17/h3-9,12-13,19H,10-11,14-16H2,1-2H3,(H,25,28). The number of nitrogens with one attached hydrogen (secondary N) is 1. The number of benzene rings is 2. The fourth-order valence-corrected chi connectivity index (χ4v) is 3.70. The van der Waals surface area contributed by atoms with Crippen molar-refractivity contribution in [3.63, 3.8) is 0 Å². The van der Waals surface area contributed by atoms with Crippen LogP contribution in [0.25, 0.3) is 11.3 Å². The average Bonchev–Trinajstić information content (AvgIpc) is 3.33. The van der Waals surface area contributed by atoms with Crippen molar-refractivity contribution in [2.24, 2.45) is 0 Å². The van der Waals surface area contributed by atoms with Gasteiger partial charge in [0.1, 0.15) is 11.5 Å². The van der Waals surface area contributed by atoms with E-state index < -0.39 is 0 Å². The molecule has 1 fully saturated rings. The second kappa shape index (κ2) is 10.3. The topological polar surface area (TPSA) is 86.1 Å². The van der Waals surface area contributed by atoms with E-state index in [0.717, 1.165) is 19.6 Å². The van der Waals surface area contributed by atoms with Crippen molar-refractivity contribution in [2.75, 3.05) is 40.5 Å². The lowest BCUT2D eigenvalue weighted by molar-refractivity contribution is -0.0293. The predicted molar refractivity (Wildman–Crippen MR) is 119 cm³/mol. The van der Waals surface area contributed by atoms with Gasteiger partial charge in [0.2, 0.25) is 0 Å². The summed E-state index contributed by atoms with van der Waals surface area (Å²) in [5, 5.41) is 6.82. The van der Waals surface area contributed by atoms with Crippen LogP contribution >= 0.6 is 0 Å². The zero-order chi connectivity index (χ0) is 22.3. The lowest BCUT2D eigenvalue weighted by Gasteiger charge is -2.33. The molecule has 0 spiro atoms. The summed E-state index contributed by atoms with van der Waals surface area (Å²) in [6.07, 6.45) is -0.0822. The summed E-state index contributed by atoms with van der Waals surface area (Å²) in [4.78, 5) is 15.0. The molecule has 1 amide bonds. The maximum absolute atomic E-state index is 12.6. The van der Waals surface area contributed by atoms with Crippen molar-refractivity contribution in [1.29, 1.82) is 0 Å². The molecule has 2 heterocycles. The smallest absolute Gasteiger partial charge is 0.273 e. The number of aromatic nitrogens is 1. The Bertz CT molecular complexity index is 1040. The molecule has 0 aliphatic carbocycles. The van der Waals surface area contributed by atoms with Crippen LogP contribution in [0, 0.1) is 0 Å². The third kappa shape index (κ3) is 5.27. The van der Waals surface area contributed by atoms with Gasteiger partial charge in [-0.25, -0.2) is 0 Å². The number of carbonyl (C=O) groups is 1. The highest BCUT2D eigenvalue weighted by Crippen LogP contribution is 2.33. The molecule has 0 bridgehead atoms. The molecule has 1 atom stereocenters. The van der Waals surface area contributed by atoms with Gasteiger partial charge in [0.05, 0.1) is 32.5 Å². The summed E-state index contributed by atoms with van der Waals surface area (Å²) in [6.45, 7) is 3.52. The van der Waals surface area contributed by atoms with Gasteiger partial charge in [0.15, 0.2) is 11.5 Å². The lowest BCUT2D eigenvalue weighted by atomic mass is 10.1. The molecule has 1 N–H and O–H groups in total. The van der Waals surface area contributed by atoms with Crippen LogP contribution in [-0.2, 0) is 11.3 Å². The largest absolute Gasteiger partial charge is 0.497 e. The number of carbonyl (C=O) groups excluding carboxylic acids is 1. The van der Waals surface area contributed by atoms with Gasteiger partial charge in [0.25, 0.3) is 5.91 Å². The Hall–Kier alpha value is -3.36. The highest BCUT2D eigenvalue weighted by atomic mass is 16.5. The third-order valence-corrected chi connectivity index (χ3v) is 5.38. The van der Waals surface area contributed by atoms with E-state index in [1.54, 1.807) is 38.5 Å². The Balaban J connectivity index is 1.34. The van der Waals surface area contributed by atoms with Crippen LogP contribution in [0.4, 0.5) is 0 Å². The van der Waals surface area contributed by atoms with Gasteiger partial charge in [-0.3, -0.25) is 9.69 Å². The van der Waals surface area contributed by atoms with Crippen LogP contribution in [-0.4, -0.2) is 62.5 Å². The van der Waals surface area contributed by atoms with E-state index in [4.69, 9.17) is 18.7 Å². The first kappa shape index (κ1) is 21.9. The number of nitrogens with zero attached hydrogens (tertiary/aromatic N) is 2. The third-order valence-electron chi connectivity index (χ3n) is 5.38. The molecule has 168 valence electrons. The number of hydrogen-bond acceptors (Lipinski definition) is 7. The first-order valence-electron chi connectivity index (χ1n) is 10.5. The zero-order valence-electron chi connectivity index (χ0n) is 18.2. The van der Waals surface area contributed by atoms with E-state index in [0.29, 0.717) is 36.0 Å². The van der Waals surface area contributed by atoms with Crippen LogP contribution < -0.4 is 14.8 Å². The fourth-order valence-electron chi connectivity index (χ4n) is 3.70. The highest BCUT2D eigenvalue weighted by Gasteiger charge is 2.23. The number of methoxy groups -OCH3 is 2. The molecular formula is C24H27N3O5. The Morgan fingerprint density at radius 2 is 2.00 bits per heavy atom. The minimum absolute atomic E-state index is 0.0822. The van der Waals surface area contributed by atoms with Gasteiger partial charge in [-0.2, -0.15) is 0 Å². The average molecular weight is 437 g/mol. The van der Waals surface area contributed by atoms with Gasteiger partial charge in [0, 0.05) is 32.2 Å². The molecule has 2 aromatic carbocycles. The summed E-state index contributed by atoms with van der Waals surface area (Å²) in [7, 11) is 3.15. The zero-order valence-corrected chi connectivity index (χ0v) is 18.2. The quantitative estimate of drug-likeness (QED) is 0.580. The van der Waals surface area contributed by atoms with Crippen molar-refractivity contribution >= 4 is 5.91 Å². The van der Waals surface area contributed by atoms with Gasteiger partial charge in [-0.15, -0.1) is 0 Å². The van der Waals surface area contributed by atoms with Crippen molar-refractivity contribution < 1.29 is 23.5 Å². The lowest BCUT2D eigenvalue weighted by Crippen LogP contribution is -2.47. The van der Waals surface area contributed by atoms with Crippen LogP contribution in [0.5, 0.6) is 11.5 Å². The second-order valence-electron chi connectivity index (χ2n) is 7.57.